The van der Waals surface area contributed by atoms with E-state index in [1.54, 1.807) is 18.2 Å². The largest absolute Gasteiger partial charge is 0.467 e. The Morgan fingerprint density at radius 3 is 2.45 bits per heavy atom. The first-order valence-electron chi connectivity index (χ1n) is 5.75. The number of para-hydroxylation sites is 1. The highest BCUT2D eigenvalue weighted by Gasteiger charge is 2.61. The summed E-state index contributed by atoms with van der Waals surface area (Å²) in [5.41, 5.74) is 2.58. The summed E-state index contributed by atoms with van der Waals surface area (Å²) in [5.74, 6) is -1.54. The van der Waals surface area contributed by atoms with E-state index in [1.165, 1.54) is 13.0 Å². The lowest BCUT2D eigenvalue weighted by Crippen LogP contribution is -2.57. The van der Waals surface area contributed by atoms with E-state index in [0.29, 0.717) is 5.52 Å². The number of esters is 1. The summed E-state index contributed by atoms with van der Waals surface area (Å²) in [5, 5.41) is 0.246. The number of carbonyl (C=O) groups is 1. The molecule has 1 aromatic heterocycles. The molecular formula is C13H13F3N2O2. The van der Waals surface area contributed by atoms with E-state index in [1.807, 2.05) is 0 Å². The quantitative estimate of drug-likeness (QED) is 0.833. The summed E-state index contributed by atoms with van der Waals surface area (Å²) in [7, 11) is 0.875. The number of fused-ring (bicyclic) bond motifs is 1. The van der Waals surface area contributed by atoms with E-state index < -0.39 is 17.7 Å². The Kier molecular flexibility index (Phi) is 3.25. The predicted molar refractivity (Wildman–Crippen MR) is 67.0 cm³/mol. The van der Waals surface area contributed by atoms with Crippen molar-refractivity contribution < 1.29 is 22.7 Å². The van der Waals surface area contributed by atoms with Gasteiger partial charge in [-0.15, -0.1) is 0 Å². The number of hydrogen-bond donors (Lipinski definition) is 2. The number of rotatable bonds is 2. The van der Waals surface area contributed by atoms with Gasteiger partial charge in [0.1, 0.15) is 0 Å². The van der Waals surface area contributed by atoms with Gasteiger partial charge in [0.05, 0.1) is 7.11 Å². The highest BCUT2D eigenvalue weighted by atomic mass is 19.4. The van der Waals surface area contributed by atoms with E-state index in [4.69, 9.17) is 5.73 Å². The van der Waals surface area contributed by atoms with Crippen LogP contribution in [-0.4, -0.2) is 24.2 Å². The number of methoxy groups -OCH3 is 1. The van der Waals surface area contributed by atoms with Gasteiger partial charge in [-0.3, -0.25) is 0 Å². The van der Waals surface area contributed by atoms with Crippen LogP contribution in [0, 0.1) is 6.92 Å². The number of aromatic nitrogens is 1. The third kappa shape index (κ3) is 1.85. The minimum Gasteiger partial charge on any atom is -0.467 e. The van der Waals surface area contributed by atoms with Gasteiger partial charge >= 0.3 is 12.1 Å². The molecule has 0 amide bonds. The van der Waals surface area contributed by atoms with Crippen molar-refractivity contribution in [1.82, 2.24) is 4.98 Å². The summed E-state index contributed by atoms with van der Waals surface area (Å²) in [4.78, 5) is 14.5. The molecule has 2 aromatic rings. The first kappa shape index (κ1) is 14.4. The molecule has 3 N–H and O–H groups in total. The smallest absolute Gasteiger partial charge is 0.421 e. The summed E-state index contributed by atoms with van der Waals surface area (Å²) < 4.78 is 44.4. The summed E-state index contributed by atoms with van der Waals surface area (Å²) in [6, 6.07) is 6.34. The number of H-pyrrole nitrogens is 1. The maximum absolute atomic E-state index is 13.4. The van der Waals surface area contributed by atoms with Crippen molar-refractivity contribution in [2.45, 2.75) is 18.6 Å². The molecule has 0 radical (unpaired) electrons. The third-order valence-corrected chi connectivity index (χ3v) is 3.24. The lowest BCUT2D eigenvalue weighted by Gasteiger charge is -2.29. The number of carbonyl (C=O) groups excluding carboxylic acids is 1. The minimum atomic E-state index is -4.98. The standard InChI is InChI=1S/C13H13F3N2O2/c1-7-10(8-5-3-4-6-9(8)18-7)12(17,11(19)20-2)13(14,15)16/h3-6,18H,17H2,1-2H3/t12-/m1/s1. The molecule has 0 spiro atoms. The molecular weight excluding hydrogens is 273 g/mol. The Morgan fingerprint density at radius 2 is 1.90 bits per heavy atom. The molecule has 1 heterocycles. The normalized spacial score (nSPS) is 15.1. The lowest BCUT2D eigenvalue weighted by atomic mass is 9.88. The molecule has 20 heavy (non-hydrogen) atoms. The van der Waals surface area contributed by atoms with Gasteiger partial charge in [0.15, 0.2) is 0 Å². The zero-order valence-corrected chi connectivity index (χ0v) is 10.8. The van der Waals surface area contributed by atoms with Crippen LogP contribution in [0.15, 0.2) is 24.3 Å². The maximum atomic E-state index is 13.4. The van der Waals surface area contributed by atoms with Crippen LogP contribution < -0.4 is 5.73 Å². The molecule has 4 nitrogen and oxygen atoms in total. The molecule has 0 aliphatic carbocycles. The fourth-order valence-electron chi connectivity index (χ4n) is 2.31. The van der Waals surface area contributed by atoms with Crippen LogP contribution in [0.25, 0.3) is 10.9 Å². The zero-order valence-electron chi connectivity index (χ0n) is 10.8. The predicted octanol–water partition coefficient (Wildman–Crippen LogP) is 2.37. The van der Waals surface area contributed by atoms with Gasteiger partial charge in [-0.2, -0.15) is 13.2 Å². The number of alkyl halides is 3. The molecule has 0 aliphatic rings. The summed E-state index contributed by atoms with van der Waals surface area (Å²) in [6.07, 6.45) is -4.98. The van der Waals surface area contributed by atoms with Gasteiger partial charge < -0.3 is 15.5 Å². The Balaban J connectivity index is 2.83. The molecule has 1 atom stereocenters. The zero-order chi connectivity index (χ0) is 15.1. The second kappa shape index (κ2) is 4.52. The Morgan fingerprint density at radius 1 is 1.30 bits per heavy atom. The molecule has 1 aromatic carbocycles. The van der Waals surface area contributed by atoms with E-state index >= 15 is 0 Å². The average Bonchev–Trinajstić information content (AvgIpc) is 2.71. The Hall–Kier alpha value is -2.02. The molecule has 0 unspecified atom stereocenters. The number of hydrogen-bond acceptors (Lipinski definition) is 3. The number of nitrogens with two attached hydrogens (primary N) is 1. The van der Waals surface area contributed by atoms with Gasteiger partial charge in [0.25, 0.3) is 0 Å². The summed E-state index contributed by atoms with van der Waals surface area (Å²) in [6.45, 7) is 1.44. The van der Waals surface area contributed by atoms with Crippen molar-refractivity contribution in [1.29, 1.82) is 0 Å². The molecule has 108 valence electrons. The molecule has 7 heteroatoms. The minimum absolute atomic E-state index is 0.177. The van der Waals surface area contributed by atoms with E-state index in [-0.39, 0.29) is 16.6 Å². The number of ether oxygens (including phenoxy) is 1. The van der Waals surface area contributed by atoms with Crippen LogP contribution in [0.1, 0.15) is 11.3 Å². The van der Waals surface area contributed by atoms with Crippen LogP contribution in [-0.2, 0) is 15.1 Å². The number of nitrogens with one attached hydrogen (secondary N) is 1. The van der Waals surface area contributed by atoms with Crippen LogP contribution >= 0.6 is 0 Å². The van der Waals surface area contributed by atoms with E-state index in [2.05, 4.69) is 9.72 Å². The number of halogens is 3. The highest BCUT2D eigenvalue weighted by molar-refractivity contribution is 5.94. The van der Waals surface area contributed by atoms with Gasteiger partial charge in [0, 0.05) is 22.2 Å². The van der Waals surface area contributed by atoms with E-state index in [9.17, 15) is 18.0 Å². The second-order valence-electron chi connectivity index (χ2n) is 4.47. The van der Waals surface area contributed by atoms with Crippen LogP contribution in [0.4, 0.5) is 13.2 Å². The van der Waals surface area contributed by atoms with Crippen molar-refractivity contribution in [2.24, 2.45) is 5.73 Å². The second-order valence-corrected chi connectivity index (χ2v) is 4.47. The van der Waals surface area contributed by atoms with Gasteiger partial charge in [-0.25, -0.2) is 4.79 Å². The third-order valence-electron chi connectivity index (χ3n) is 3.24. The van der Waals surface area contributed by atoms with Crippen LogP contribution in [0.2, 0.25) is 0 Å². The molecule has 0 saturated heterocycles. The Bertz CT molecular complexity index is 663. The maximum Gasteiger partial charge on any atom is 0.421 e. The molecule has 0 saturated carbocycles. The fraction of sp³-hybridized carbons (Fsp3) is 0.308. The monoisotopic (exact) mass is 286 g/mol. The Labute approximate surface area is 112 Å². The van der Waals surface area contributed by atoms with Crippen molar-refractivity contribution in [3.63, 3.8) is 0 Å². The topological polar surface area (TPSA) is 68.1 Å². The van der Waals surface area contributed by atoms with Gasteiger partial charge in [-0.05, 0) is 13.0 Å². The lowest BCUT2D eigenvalue weighted by molar-refractivity contribution is -0.206. The molecule has 0 aliphatic heterocycles. The van der Waals surface area contributed by atoms with E-state index in [0.717, 1.165) is 7.11 Å². The average molecular weight is 286 g/mol. The molecule has 2 rings (SSSR count). The summed E-state index contributed by atoms with van der Waals surface area (Å²) >= 11 is 0. The number of aromatic amines is 1. The van der Waals surface area contributed by atoms with Gasteiger partial charge in [-0.1, -0.05) is 18.2 Å². The number of benzene rings is 1. The van der Waals surface area contributed by atoms with Crippen LogP contribution in [0.3, 0.4) is 0 Å². The first-order chi connectivity index (χ1) is 9.23. The highest BCUT2D eigenvalue weighted by Crippen LogP contribution is 2.42. The van der Waals surface area contributed by atoms with Gasteiger partial charge in [0.2, 0.25) is 5.54 Å². The first-order valence-corrected chi connectivity index (χ1v) is 5.75. The van der Waals surface area contributed by atoms with Crippen LogP contribution in [0.5, 0.6) is 0 Å². The van der Waals surface area contributed by atoms with Crippen molar-refractivity contribution >= 4 is 16.9 Å². The van der Waals surface area contributed by atoms with Crippen molar-refractivity contribution in [3.8, 4) is 0 Å². The molecule has 0 fully saturated rings. The van der Waals surface area contributed by atoms with Crippen molar-refractivity contribution in [3.05, 3.63) is 35.5 Å². The fourth-order valence-corrected chi connectivity index (χ4v) is 2.31. The van der Waals surface area contributed by atoms with Crippen molar-refractivity contribution in [2.75, 3.05) is 7.11 Å². The number of aryl methyl sites for hydroxylation is 1. The molecule has 0 bridgehead atoms. The SMILES string of the molecule is COC(=O)[C@](N)(c1c(C)[nH]c2ccccc12)C(F)(F)F.